The molecule has 0 fully saturated rings. The van der Waals surface area contributed by atoms with Gasteiger partial charge in [-0.05, 0) is 51.4 Å². The number of carbonyl (C=O) groups excluding carboxylic acids is 1. The Labute approximate surface area is 286 Å². The molecule has 0 saturated heterocycles. The molecular weight excluding hydrogens is 568 g/mol. The lowest BCUT2D eigenvalue weighted by atomic mass is 10.0. The first-order valence-corrected chi connectivity index (χ1v) is 20.0. The fourth-order valence-corrected chi connectivity index (χ4v) is 5.88. The monoisotopic (exact) mass is 645 g/mol. The predicted molar refractivity (Wildman–Crippen MR) is 199 cm³/mol. The van der Waals surface area contributed by atoms with Gasteiger partial charge in [0.15, 0.2) is 0 Å². The molecule has 0 spiro atoms. The molecule has 1 N–H and O–H groups in total. The average molecular weight is 645 g/mol. The Bertz CT molecular complexity index is 723. The number of allylic oxidation sites excluding steroid dienone is 6. The highest BCUT2D eigenvalue weighted by atomic mass is 16.5. The first-order valence-electron chi connectivity index (χ1n) is 20.0. The molecule has 4 nitrogen and oxygen atoms in total. The van der Waals surface area contributed by atoms with E-state index in [9.17, 15) is 9.59 Å². The van der Waals surface area contributed by atoms with Gasteiger partial charge in [-0.3, -0.25) is 9.59 Å². The van der Waals surface area contributed by atoms with Gasteiger partial charge in [0.1, 0.15) is 0 Å². The molecule has 0 unspecified atom stereocenters. The van der Waals surface area contributed by atoms with Crippen molar-refractivity contribution in [2.75, 3.05) is 6.61 Å². The number of hydrogen-bond acceptors (Lipinski definition) is 3. The zero-order valence-corrected chi connectivity index (χ0v) is 30.5. The minimum atomic E-state index is -0.660. The van der Waals surface area contributed by atoms with Gasteiger partial charge in [-0.25, -0.2) is 0 Å². The minimum Gasteiger partial charge on any atom is -0.481 e. The normalized spacial score (nSPS) is 11.8. The van der Waals surface area contributed by atoms with Crippen LogP contribution in [-0.2, 0) is 14.3 Å². The third-order valence-corrected chi connectivity index (χ3v) is 8.83. The second-order valence-electron chi connectivity index (χ2n) is 13.4. The van der Waals surface area contributed by atoms with E-state index in [1.807, 2.05) is 0 Å². The van der Waals surface area contributed by atoms with E-state index in [1.54, 1.807) is 0 Å². The number of carboxylic acid groups (broad SMARTS) is 1. The fourth-order valence-electron chi connectivity index (χ4n) is 5.88. The van der Waals surface area contributed by atoms with Gasteiger partial charge < -0.3 is 9.84 Å². The molecule has 46 heavy (non-hydrogen) atoms. The largest absolute Gasteiger partial charge is 0.481 e. The van der Waals surface area contributed by atoms with Crippen molar-refractivity contribution < 1.29 is 19.4 Å². The predicted octanol–water partition coefficient (Wildman–Crippen LogP) is 13.8. The molecule has 0 rings (SSSR count). The van der Waals surface area contributed by atoms with Crippen molar-refractivity contribution in [1.82, 2.24) is 0 Å². The zero-order chi connectivity index (χ0) is 33.4. The van der Waals surface area contributed by atoms with E-state index >= 15 is 0 Å². The van der Waals surface area contributed by atoms with Crippen molar-refractivity contribution >= 4 is 11.9 Å². The maximum Gasteiger partial charge on any atom is 0.305 e. The Hall–Kier alpha value is -1.84. The van der Waals surface area contributed by atoms with Crippen molar-refractivity contribution in [3.63, 3.8) is 0 Å². The van der Waals surface area contributed by atoms with Gasteiger partial charge in [0.25, 0.3) is 0 Å². The Morgan fingerprint density at radius 1 is 0.435 bits per heavy atom. The summed E-state index contributed by atoms with van der Waals surface area (Å²) in [4.78, 5) is 22.4. The number of esters is 1. The van der Waals surface area contributed by atoms with Crippen LogP contribution >= 0.6 is 0 Å². The van der Waals surface area contributed by atoms with E-state index < -0.39 is 5.97 Å². The number of rotatable bonds is 37. The summed E-state index contributed by atoms with van der Waals surface area (Å²) in [5.74, 6) is -0.663. The van der Waals surface area contributed by atoms with Gasteiger partial charge in [-0.15, -0.1) is 0 Å². The Morgan fingerprint density at radius 2 is 0.783 bits per heavy atom. The molecule has 0 aliphatic carbocycles. The third kappa shape index (κ3) is 40.2. The summed E-state index contributed by atoms with van der Waals surface area (Å²) in [5.41, 5.74) is 0. The number of unbranched alkanes of at least 4 members (excludes halogenated alkanes) is 25. The highest BCUT2D eigenvalue weighted by molar-refractivity contribution is 5.69. The maximum absolute atomic E-state index is 12.0. The van der Waals surface area contributed by atoms with Crippen LogP contribution in [0.15, 0.2) is 36.5 Å². The number of carbonyl (C=O) groups is 2. The smallest absolute Gasteiger partial charge is 0.305 e. The van der Waals surface area contributed by atoms with Gasteiger partial charge >= 0.3 is 11.9 Å². The van der Waals surface area contributed by atoms with E-state index in [0.717, 1.165) is 57.8 Å². The van der Waals surface area contributed by atoms with E-state index in [-0.39, 0.29) is 5.97 Å². The second-order valence-corrected chi connectivity index (χ2v) is 13.4. The molecule has 0 saturated carbocycles. The number of aliphatic carboxylic acids is 1. The first-order chi connectivity index (χ1) is 22.7. The highest BCUT2D eigenvalue weighted by Gasteiger charge is 2.03. The summed E-state index contributed by atoms with van der Waals surface area (Å²) >= 11 is 0. The van der Waals surface area contributed by atoms with E-state index in [1.165, 1.54) is 135 Å². The molecule has 0 aliphatic rings. The Kier molecular flexibility index (Phi) is 37.8. The lowest BCUT2D eigenvalue weighted by molar-refractivity contribution is -0.144. The molecule has 0 aromatic carbocycles. The van der Waals surface area contributed by atoms with Crippen LogP contribution in [0.3, 0.4) is 0 Å². The van der Waals surface area contributed by atoms with E-state index in [4.69, 9.17) is 9.84 Å². The van der Waals surface area contributed by atoms with Crippen molar-refractivity contribution in [1.29, 1.82) is 0 Å². The summed E-state index contributed by atoms with van der Waals surface area (Å²) in [7, 11) is 0. The molecule has 0 bridgehead atoms. The van der Waals surface area contributed by atoms with Crippen molar-refractivity contribution in [2.24, 2.45) is 0 Å². The lowest BCUT2D eigenvalue weighted by Crippen LogP contribution is -2.05. The molecule has 4 heteroatoms. The Balaban J connectivity index is 3.20. The van der Waals surface area contributed by atoms with Crippen molar-refractivity contribution in [3.05, 3.63) is 36.5 Å². The summed E-state index contributed by atoms with van der Waals surface area (Å²) in [6, 6.07) is 0. The molecular formula is C42H76O4. The molecule has 0 amide bonds. The number of hydrogen-bond donors (Lipinski definition) is 1. The van der Waals surface area contributed by atoms with Gasteiger partial charge in [0, 0.05) is 12.8 Å². The van der Waals surface area contributed by atoms with Crippen LogP contribution in [0, 0.1) is 0 Å². The minimum absolute atomic E-state index is 0.00381. The van der Waals surface area contributed by atoms with Gasteiger partial charge in [-0.2, -0.15) is 0 Å². The lowest BCUT2D eigenvalue weighted by Gasteiger charge is -2.06. The van der Waals surface area contributed by atoms with Gasteiger partial charge in [0.05, 0.1) is 6.61 Å². The Morgan fingerprint density at radius 3 is 1.22 bits per heavy atom. The van der Waals surface area contributed by atoms with Crippen LogP contribution in [0.25, 0.3) is 0 Å². The number of carboxylic acids is 1. The maximum atomic E-state index is 12.0. The quantitative estimate of drug-likeness (QED) is 0.0415. The zero-order valence-electron chi connectivity index (χ0n) is 30.5. The fraction of sp³-hybridized carbons (Fsp3) is 0.810. The molecule has 0 atom stereocenters. The van der Waals surface area contributed by atoms with Crippen LogP contribution in [0.4, 0.5) is 0 Å². The van der Waals surface area contributed by atoms with Gasteiger partial charge in [0.2, 0.25) is 0 Å². The summed E-state index contributed by atoms with van der Waals surface area (Å²) in [5, 5.41) is 8.64. The van der Waals surface area contributed by atoms with Crippen molar-refractivity contribution in [3.8, 4) is 0 Å². The third-order valence-electron chi connectivity index (χ3n) is 8.83. The van der Waals surface area contributed by atoms with Crippen LogP contribution in [0.2, 0.25) is 0 Å². The molecule has 0 radical (unpaired) electrons. The number of ether oxygens (including phenoxy) is 1. The SMILES string of the molecule is CC/C=C\C/C=C\C/C=C\CCCCCCCC(=O)OCCCCCCCCCCCCCCCCCCCCCCCC(=O)O. The van der Waals surface area contributed by atoms with Crippen molar-refractivity contribution in [2.45, 2.75) is 212 Å². The van der Waals surface area contributed by atoms with Crippen LogP contribution in [0.1, 0.15) is 212 Å². The van der Waals surface area contributed by atoms with Crippen LogP contribution in [-0.4, -0.2) is 23.7 Å². The van der Waals surface area contributed by atoms with E-state index in [0.29, 0.717) is 19.4 Å². The second kappa shape index (κ2) is 39.3. The highest BCUT2D eigenvalue weighted by Crippen LogP contribution is 2.15. The van der Waals surface area contributed by atoms with E-state index in [2.05, 4.69) is 43.4 Å². The molecule has 0 aliphatic heterocycles. The molecule has 0 aromatic heterocycles. The standard InChI is InChI=1S/C42H76O4/c1-2-3-4-5-6-7-8-9-17-21-24-27-30-33-36-39-42(45)46-40-37-34-31-28-25-22-19-16-14-12-10-11-13-15-18-20-23-26-29-32-35-38-41(43)44/h3-4,6-7,9,17H,2,5,8,10-16,18-40H2,1H3,(H,43,44)/b4-3-,7-6-,17-9-. The topological polar surface area (TPSA) is 63.6 Å². The summed E-state index contributed by atoms with van der Waals surface area (Å²) < 4.78 is 5.44. The summed E-state index contributed by atoms with van der Waals surface area (Å²) in [6.07, 6.45) is 51.7. The van der Waals surface area contributed by atoms with Crippen LogP contribution < -0.4 is 0 Å². The average Bonchev–Trinajstić information content (AvgIpc) is 3.04. The molecule has 0 heterocycles. The molecule has 0 aromatic rings. The summed E-state index contributed by atoms with van der Waals surface area (Å²) in [6.45, 7) is 2.77. The first kappa shape index (κ1) is 44.2. The van der Waals surface area contributed by atoms with Crippen LogP contribution in [0.5, 0.6) is 0 Å². The molecule has 268 valence electrons. The van der Waals surface area contributed by atoms with Gasteiger partial charge in [-0.1, -0.05) is 185 Å².